The number of rotatable bonds is 7. The second-order valence-electron chi connectivity index (χ2n) is 8.22. The number of nitrogens with one attached hydrogen (secondary N) is 1. The molecule has 1 amide bonds. The Morgan fingerprint density at radius 1 is 1.03 bits per heavy atom. The molecular weight excluding hydrogens is 505 g/mol. The zero-order valence-electron chi connectivity index (χ0n) is 19.5. The summed E-state index contributed by atoms with van der Waals surface area (Å²) in [6.07, 6.45) is 0. The van der Waals surface area contributed by atoms with E-state index in [-0.39, 0.29) is 17.4 Å². The van der Waals surface area contributed by atoms with Crippen molar-refractivity contribution in [2.75, 3.05) is 5.32 Å². The number of halogens is 2. The van der Waals surface area contributed by atoms with Crippen LogP contribution in [0.25, 0.3) is 11.3 Å². The predicted octanol–water partition coefficient (Wildman–Crippen LogP) is 7.22. The third kappa shape index (κ3) is 5.35. The van der Waals surface area contributed by atoms with Crippen molar-refractivity contribution in [2.24, 2.45) is 0 Å². The Bertz CT molecular complexity index is 1450. The van der Waals surface area contributed by atoms with Crippen molar-refractivity contribution in [3.63, 3.8) is 0 Å². The molecule has 0 saturated carbocycles. The molecule has 2 aromatic heterocycles. The van der Waals surface area contributed by atoms with E-state index in [9.17, 15) is 9.59 Å². The van der Waals surface area contributed by atoms with Crippen molar-refractivity contribution < 1.29 is 24.0 Å². The van der Waals surface area contributed by atoms with Crippen LogP contribution in [0.2, 0.25) is 10.0 Å². The molecule has 10 heteroatoms. The third-order valence-electron chi connectivity index (χ3n) is 5.29. The molecule has 0 aliphatic carbocycles. The molecule has 0 radical (unpaired) electrons. The van der Waals surface area contributed by atoms with Gasteiger partial charge in [-0.15, -0.1) is 0 Å². The maximum Gasteiger partial charge on any atom is 0.335 e. The number of anilines is 1. The molecule has 2 aromatic carbocycles. The summed E-state index contributed by atoms with van der Waals surface area (Å²) in [6.45, 7) is 5.61. The second kappa shape index (κ2) is 10.4. The Hall–Kier alpha value is -3.88. The number of carbonyl (C=O) groups is 2. The highest BCUT2D eigenvalue weighted by Crippen LogP contribution is 2.42. The average molecular weight is 526 g/mol. The van der Waals surface area contributed by atoms with Crippen LogP contribution >= 0.6 is 23.2 Å². The van der Waals surface area contributed by atoms with Crippen molar-refractivity contribution in [2.45, 2.75) is 26.7 Å². The fourth-order valence-electron chi connectivity index (χ4n) is 3.40. The lowest BCUT2D eigenvalue weighted by atomic mass is 10.1. The SMILES string of the molecule is Cc1nc(Oc2c(-c3cc(Cl)ccc3Cl)noc2C(C)C)ccc1NC(=O)c1ccc(C(=O)O)cc1. The Kier molecular flexibility index (Phi) is 7.28. The third-order valence-corrected chi connectivity index (χ3v) is 5.86. The van der Waals surface area contributed by atoms with Gasteiger partial charge in [0.1, 0.15) is 0 Å². The number of aromatic nitrogens is 2. The van der Waals surface area contributed by atoms with Crippen molar-refractivity contribution in [1.82, 2.24) is 10.1 Å². The van der Waals surface area contributed by atoms with Gasteiger partial charge in [-0.05, 0) is 55.5 Å². The molecule has 4 aromatic rings. The molecule has 2 heterocycles. The van der Waals surface area contributed by atoms with Gasteiger partial charge >= 0.3 is 5.97 Å². The van der Waals surface area contributed by atoms with Gasteiger partial charge in [0, 0.05) is 28.1 Å². The monoisotopic (exact) mass is 525 g/mol. The Morgan fingerprint density at radius 3 is 2.36 bits per heavy atom. The van der Waals surface area contributed by atoms with E-state index in [0.717, 1.165) is 0 Å². The minimum absolute atomic E-state index is 0.0358. The highest BCUT2D eigenvalue weighted by atomic mass is 35.5. The lowest BCUT2D eigenvalue weighted by Gasteiger charge is -2.12. The molecule has 184 valence electrons. The van der Waals surface area contributed by atoms with Gasteiger partial charge < -0.3 is 19.7 Å². The van der Waals surface area contributed by atoms with E-state index in [1.165, 1.54) is 24.3 Å². The van der Waals surface area contributed by atoms with Gasteiger partial charge in [0.2, 0.25) is 5.88 Å². The molecular formula is C26H21Cl2N3O5. The maximum absolute atomic E-state index is 12.6. The van der Waals surface area contributed by atoms with Crippen molar-refractivity contribution in [3.8, 4) is 22.9 Å². The molecule has 2 N–H and O–H groups in total. The smallest absolute Gasteiger partial charge is 0.335 e. The summed E-state index contributed by atoms with van der Waals surface area (Å²) in [5, 5.41) is 16.9. The van der Waals surface area contributed by atoms with Gasteiger partial charge in [-0.1, -0.05) is 42.2 Å². The van der Waals surface area contributed by atoms with Gasteiger partial charge in [0.05, 0.1) is 22.0 Å². The normalized spacial score (nSPS) is 10.9. The number of carboxylic acids is 1. The molecule has 4 rings (SSSR count). The molecule has 0 bridgehead atoms. The summed E-state index contributed by atoms with van der Waals surface area (Å²) in [5.41, 5.74) is 2.35. The van der Waals surface area contributed by atoms with Gasteiger partial charge in [-0.3, -0.25) is 4.79 Å². The van der Waals surface area contributed by atoms with E-state index in [1.54, 1.807) is 37.3 Å². The number of carbonyl (C=O) groups excluding carboxylic acids is 1. The van der Waals surface area contributed by atoms with Crippen LogP contribution in [0.15, 0.2) is 59.1 Å². The van der Waals surface area contributed by atoms with Crippen LogP contribution in [-0.2, 0) is 0 Å². The summed E-state index contributed by atoms with van der Waals surface area (Å²) in [5.74, 6) is -0.345. The highest BCUT2D eigenvalue weighted by molar-refractivity contribution is 6.35. The maximum atomic E-state index is 12.6. The molecule has 0 spiro atoms. The minimum Gasteiger partial charge on any atom is -0.478 e. The molecule has 0 saturated heterocycles. The van der Waals surface area contributed by atoms with Gasteiger partial charge in [0.25, 0.3) is 5.91 Å². The number of pyridine rings is 1. The fourth-order valence-corrected chi connectivity index (χ4v) is 3.78. The Labute approximate surface area is 216 Å². The van der Waals surface area contributed by atoms with Crippen molar-refractivity contribution in [3.05, 3.63) is 87.2 Å². The fraction of sp³-hybridized carbons (Fsp3) is 0.154. The first-order chi connectivity index (χ1) is 17.1. The van der Waals surface area contributed by atoms with Crippen LogP contribution in [0.1, 0.15) is 51.9 Å². The summed E-state index contributed by atoms with van der Waals surface area (Å²) < 4.78 is 11.7. The first-order valence-electron chi connectivity index (χ1n) is 10.9. The van der Waals surface area contributed by atoms with Crippen LogP contribution in [0.4, 0.5) is 5.69 Å². The van der Waals surface area contributed by atoms with Crippen molar-refractivity contribution in [1.29, 1.82) is 0 Å². The number of hydrogen-bond acceptors (Lipinski definition) is 6. The number of amides is 1. The minimum atomic E-state index is -1.06. The van der Waals surface area contributed by atoms with Gasteiger partial charge in [-0.2, -0.15) is 0 Å². The lowest BCUT2D eigenvalue weighted by Crippen LogP contribution is -2.13. The van der Waals surface area contributed by atoms with Gasteiger partial charge in [0.15, 0.2) is 17.2 Å². The number of carboxylic acid groups (broad SMARTS) is 1. The van der Waals surface area contributed by atoms with E-state index in [2.05, 4.69) is 15.5 Å². The van der Waals surface area contributed by atoms with E-state index < -0.39 is 11.9 Å². The Balaban J connectivity index is 1.59. The standard InChI is InChI=1S/C26H21Cl2N3O5/c1-13(2)23-24(22(31-36-23)18-12-17(27)8-9-19(18)28)35-21-11-10-20(14(3)29-21)30-25(32)15-4-6-16(7-5-15)26(33)34/h4-13H,1-3H3,(H,30,32)(H,33,34). The molecule has 36 heavy (non-hydrogen) atoms. The summed E-state index contributed by atoms with van der Waals surface area (Å²) >= 11 is 12.5. The summed E-state index contributed by atoms with van der Waals surface area (Å²) in [7, 11) is 0. The molecule has 0 aliphatic rings. The quantitative estimate of drug-likeness (QED) is 0.261. The molecule has 0 fully saturated rings. The number of aromatic carboxylic acids is 1. The number of hydrogen-bond donors (Lipinski definition) is 2. The zero-order valence-corrected chi connectivity index (χ0v) is 21.0. The zero-order chi connectivity index (χ0) is 26.0. The first kappa shape index (κ1) is 25.2. The van der Waals surface area contributed by atoms with Crippen LogP contribution in [0, 0.1) is 6.92 Å². The van der Waals surface area contributed by atoms with Crippen LogP contribution in [-0.4, -0.2) is 27.1 Å². The highest BCUT2D eigenvalue weighted by Gasteiger charge is 2.25. The summed E-state index contributed by atoms with van der Waals surface area (Å²) in [6, 6.07) is 13.9. The first-order valence-corrected chi connectivity index (χ1v) is 11.6. The number of benzene rings is 2. The predicted molar refractivity (Wildman–Crippen MR) is 136 cm³/mol. The van der Waals surface area contributed by atoms with Crippen LogP contribution in [0.3, 0.4) is 0 Å². The van der Waals surface area contributed by atoms with Crippen molar-refractivity contribution >= 4 is 40.8 Å². The molecule has 0 atom stereocenters. The van der Waals surface area contributed by atoms with E-state index in [1.807, 2.05) is 13.8 Å². The molecule has 0 unspecified atom stereocenters. The van der Waals surface area contributed by atoms with Crippen LogP contribution < -0.4 is 10.1 Å². The molecule has 0 aliphatic heterocycles. The van der Waals surface area contributed by atoms with E-state index >= 15 is 0 Å². The number of ether oxygens (including phenoxy) is 1. The van der Waals surface area contributed by atoms with Crippen LogP contribution in [0.5, 0.6) is 11.6 Å². The Morgan fingerprint density at radius 2 is 1.72 bits per heavy atom. The largest absolute Gasteiger partial charge is 0.478 e. The molecule has 8 nitrogen and oxygen atoms in total. The number of nitrogens with zero attached hydrogens (tertiary/aromatic N) is 2. The lowest BCUT2D eigenvalue weighted by molar-refractivity contribution is 0.0696. The second-order valence-corrected chi connectivity index (χ2v) is 9.07. The average Bonchev–Trinajstić information content (AvgIpc) is 3.25. The van der Waals surface area contributed by atoms with E-state index in [0.29, 0.717) is 49.8 Å². The van der Waals surface area contributed by atoms with E-state index in [4.69, 9.17) is 37.6 Å². The van der Waals surface area contributed by atoms with Gasteiger partial charge in [-0.25, -0.2) is 9.78 Å². The summed E-state index contributed by atoms with van der Waals surface area (Å²) in [4.78, 5) is 28.1. The number of aryl methyl sites for hydroxylation is 1. The topological polar surface area (TPSA) is 115 Å².